The van der Waals surface area contributed by atoms with Crippen molar-refractivity contribution in [1.29, 1.82) is 0 Å². The molecule has 2 saturated heterocycles. The second kappa shape index (κ2) is 5.92. The Labute approximate surface area is 183 Å². The second-order valence-corrected chi connectivity index (χ2v) is 11.2. The molecule has 0 radical (unpaired) electrons. The SMILES string of the molecule is C=C1OCC2=C1CC[C@]1(C)[C@]34O[C@H]3C[C@@](OF)(C(C)C)[C@@H](OCNC)[C@@]43OC3C[C@@]21C. The van der Waals surface area contributed by atoms with E-state index < -0.39 is 22.9 Å². The van der Waals surface area contributed by atoms with Crippen molar-refractivity contribution < 1.29 is 28.4 Å². The normalized spacial score (nSPS) is 53.9. The standard InChI is InChI=1S/C24H34FNO5/c1-13(2)22(31-25)10-18-24(30-18)21(5)8-7-15-14(3)27-11-16(15)20(21,4)9-17-23(24,29-17)19(22)28-12-26-6/h13,17-19,26H,3,7-12H2,1-2,4-6H3/t17?,18-,19+,20-,21-,22+,23+,24+/m0/s1. The number of fused-ring (bicyclic) bond motifs is 2. The Morgan fingerprint density at radius 3 is 2.68 bits per heavy atom. The number of hydrogen-bond acceptors (Lipinski definition) is 6. The minimum absolute atomic E-state index is 0.0632. The lowest BCUT2D eigenvalue weighted by molar-refractivity contribution is -0.317. The van der Waals surface area contributed by atoms with Gasteiger partial charge in [0.15, 0.2) is 5.60 Å². The molecule has 2 spiro atoms. The Kier molecular flexibility index (Phi) is 3.93. The van der Waals surface area contributed by atoms with Gasteiger partial charge < -0.3 is 18.9 Å². The Bertz CT molecular complexity index is 891. The van der Waals surface area contributed by atoms with E-state index in [2.05, 4.69) is 25.7 Å². The zero-order valence-corrected chi connectivity index (χ0v) is 19.2. The maximum atomic E-state index is 14.4. The molecule has 3 heterocycles. The molecule has 0 amide bonds. The van der Waals surface area contributed by atoms with Crippen LogP contribution in [0.25, 0.3) is 0 Å². The van der Waals surface area contributed by atoms with E-state index in [9.17, 15) is 4.53 Å². The number of allylic oxidation sites excluding steroid dienone is 1. The van der Waals surface area contributed by atoms with Crippen LogP contribution in [0.1, 0.15) is 53.4 Å². The van der Waals surface area contributed by atoms with E-state index in [-0.39, 0.29) is 29.0 Å². The number of epoxide rings is 2. The van der Waals surface area contributed by atoms with Gasteiger partial charge in [0, 0.05) is 17.3 Å². The molecule has 0 bridgehead atoms. The fourth-order valence-electron chi connectivity index (χ4n) is 8.26. The summed E-state index contributed by atoms with van der Waals surface area (Å²) < 4.78 is 39.9. The summed E-state index contributed by atoms with van der Waals surface area (Å²) in [7, 11) is 1.83. The third-order valence-electron chi connectivity index (χ3n) is 10.2. The highest BCUT2D eigenvalue weighted by molar-refractivity contribution is 5.51. The number of ether oxygens (including phenoxy) is 4. The van der Waals surface area contributed by atoms with E-state index in [1.165, 1.54) is 11.1 Å². The Balaban J connectivity index is 1.50. The minimum Gasteiger partial charge on any atom is -0.490 e. The molecule has 3 aliphatic heterocycles. The number of halogens is 1. The van der Waals surface area contributed by atoms with E-state index >= 15 is 0 Å². The summed E-state index contributed by atoms with van der Waals surface area (Å²) in [5.41, 5.74) is 0.0521. The predicted molar refractivity (Wildman–Crippen MR) is 111 cm³/mol. The predicted octanol–water partition coefficient (Wildman–Crippen LogP) is 3.57. The lowest BCUT2D eigenvalue weighted by atomic mass is 9.41. The highest BCUT2D eigenvalue weighted by atomic mass is 19.3. The minimum atomic E-state index is -1.09. The van der Waals surface area contributed by atoms with E-state index in [4.69, 9.17) is 23.9 Å². The van der Waals surface area contributed by atoms with Crippen LogP contribution in [0.2, 0.25) is 0 Å². The van der Waals surface area contributed by atoms with E-state index in [0.717, 1.165) is 25.0 Å². The van der Waals surface area contributed by atoms with E-state index in [1.54, 1.807) is 0 Å². The van der Waals surface area contributed by atoms with Gasteiger partial charge in [0.25, 0.3) is 0 Å². The summed E-state index contributed by atoms with van der Waals surface area (Å²) in [5.74, 6) is 0.732. The molecule has 6 rings (SSSR count). The smallest absolute Gasteiger partial charge is 0.156 e. The van der Waals surface area contributed by atoms with Gasteiger partial charge in [-0.05, 0) is 47.9 Å². The number of rotatable bonds is 5. The first-order valence-corrected chi connectivity index (χ1v) is 11.6. The Morgan fingerprint density at radius 1 is 1.23 bits per heavy atom. The summed E-state index contributed by atoms with van der Waals surface area (Å²) in [6.07, 6.45) is 2.48. The van der Waals surface area contributed by atoms with E-state index in [1.807, 2.05) is 20.9 Å². The van der Waals surface area contributed by atoms with Crippen LogP contribution in [-0.2, 0) is 23.9 Å². The van der Waals surface area contributed by atoms with Crippen molar-refractivity contribution in [2.24, 2.45) is 16.7 Å². The van der Waals surface area contributed by atoms with Gasteiger partial charge in [-0.25, -0.2) is 0 Å². The van der Waals surface area contributed by atoms with Crippen LogP contribution in [0, 0.1) is 16.7 Å². The molecule has 6 nitrogen and oxygen atoms in total. The van der Waals surface area contributed by atoms with Crippen molar-refractivity contribution in [3.63, 3.8) is 0 Å². The fraction of sp³-hybridized carbons (Fsp3) is 0.833. The highest BCUT2D eigenvalue weighted by Gasteiger charge is 2.96. The molecule has 2 saturated carbocycles. The number of hydrogen-bond donors (Lipinski definition) is 1. The molecule has 0 aromatic carbocycles. The van der Waals surface area contributed by atoms with Gasteiger partial charge in [0.1, 0.15) is 29.7 Å². The Morgan fingerprint density at radius 2 is 2.00 bits per heavy atom. The van der Waals surface area contributed by atoms with Crippen molar-refractivity contribution in [2.45, 2.75) is 88.5 Å². The summed E-state index contributed by atoms with van der Waals surface area (Å²) in [6, 6.07) is 0. The van der Waals surface area contributed by atoms with Gasteiger partial charge in [-0.3, -0.25) is 5.32 Å². The zero-order valence-electron chi connectivity index (χ0n) is 19.2. The van der Waals surface area contributed by atoms with Crippen LogP contribution in [0.3, 0.4) is 0 Å². The maximum absolute atomic E-state index is 14.4. The fourth-order valence-corrected chi connectivity index (χ4v) is 8.26. The summed E-state index contributed by atoms with van der Waals surface area (Å²) >= 11 is 0. The highest BCUT2D eigenvalue weighted by Crippen LogP contribution is 2.83. The first kappa shape index (κ1) is 20.6. The van der Waals surface area contributed by atoms with E-state index in [0.29, 0.717) is 19.8 Å². The van der Waals surface area contributed by atoms with Gasteiger partial charge in [-0.1, -0.05) is 34.3 Å². The summed E-state index contributed by atoms with van der Waals surface area (Å²) in [6.45, 7) is 13.7. The molecule has 31 heavy (non-hydrogen) atoms. The van der Waals surface area contributed by atoms with Gasteiger partial charge in [0.2, 0.25) is 0 Å². The van der Waals surface area contributed by atoms with Crippen molar-refractivity contribution in [3.8, 4) is 0 Å². The van der Waals surface area contributed by atoms with Gasteiger partial charge in [0.05, 0.1) is 18.9 Å². The third-order valence-corrected chi connectivity index (χ3v) is 10.2. The maximum Gasteiger partial charge on any atom is 0.156 e. The first-order chi connectivity index (χ1) is 14.7. The van der Waals surface area contributed by atoms with Gasteiger partial charge in [-0.2, -0.15) is 4.94 Å². The quantitative estimate of drug-likeness (QED) is 0.526. The van der Waals surface area contributed by atoms with Gasteiger partial charge >= 0.3 is 0 Å². The lowest BCUT2D eigenvalue weighted by Gasteiger charge is -2.61. The van der Waals surface area contributed by atoms with Crippen LogP contribution in [0.5, 0.6) is 0 Å². The largest absolute Gasteiger partial charge is 0.490 e. The molecule has 172 valence electrons. The average Bonchev–Trinajstić information content (AvgIpc) is 3.60. The molecule has 6 aliphatic rings. The second-order valence-electron chi connectivity index (χ2n) is 11.2. The molecular weight excluding hydrogens is 401 g/mol. The monoisotopic (exact) mass is 435 g/mol. The van der Waals surface area contributed by atoms with Crippen LogP contribution in [-0.4, -0.2) is 55.5 Å². The van der Waals surface area contributed by atoms with Crippen LogP contribution >= 0.6 is 0 Å². The van der Waals surface area contributed by atoms with Crippen LogP contribution in [0.4, 0.5) is 4.53 Å². The molecule has 0 aromatic heterocycles. The van der Waals surface area contributed by atoms with Crippen molar-refractivity contribution in [2.75, 3.05) is 20.4 Å². The molecule has 3 aliphatic carbocycles. The summed E-state index contributed by atoms with van der Waals surface area (Å²) in [5, 5.41) is 3.05. The molecular formula is C24H34FNO5. The molecule has 8 atom stereocenters. The van der Waals surface area contributed by atoms with Crippen LogP contribution < -0.4 is 5.32 Å². The number of nitrogens with one attached hydrogen (secondary N) is 1. The summed E-state index contributed by atoms with van der Waals surface area (Å²) in [4.78, 5) is 4.81. The lowest BCUT2D eigenvalue weighted by Crippen LogP contribution is -2.74. The zero-order chi connectivity index (χ0) is 22.0. The molecule has 7 heteroatoms. The third kappa shape index (κ3) is 1.96. The van der Waals surface area contributed by atoms with Crippen molar-refractivity contribution >= 4 is 0 Å². The molecule has 0 aromatic rings. The molecule has 1 unspecified atom stereocenters. The average molecular weight is 436 g/mol. The van der Waals surface area contributed by atoms with Crippen LogP contribution in [0.15, 0.2) is 23.5 Å². The topological polar surface area (TPSA) is 64.8 Å². The van der Waals surface area contributed by atoms with Gasteiger partial charge in [-0.15, -0.1) is 0 Å². The first-order valence-electron chi connectivity index (χ1n) is 11.6. The molecule has 1 N–H and O–H groups in total. The molecule has 4 fully saturated rings. The van der Waals surface area contributed by atoms with Crippen molar-refractivity contribution in [1.82, 2.24) is 5.32 Å². The van der Waals surface area contributed by atoms with Crippen molar-refractivity contribution in [3.05, 3.63) is 23.5 Å². The Hall–Kier alpha value is -0.990.